The smallest absolute Gasteiger partial charge is 0.0801 e. The molecule has 3 rings (SSSR count). The first-order valence-corrected chi connectivity index (χ1v) is 8.36. The van der Waals surface area contributed by atoms with Gasteiger partial charge in [0.25, 0.3) is 0 Å². The summed E-state index contributed by atoms with van der Waals surface area (Å²) in [5.41, 5.74) is 4.07. The second-order valence-corrected chi connectivity index (χ2v) is 6.46. The average Bonchev–Trinajstić information content (AvgIpc) is 2.75. The van der Waals surface area contributed by atoms with Crippen LogP contribution in [0.4, 0.5) is 0 Å². The molecule has 106 valence electrons. The Hall–Kier alpha value is -1.29. The normalized spacial score (nSPS) is 15.1. The predicted molar refractivity (Wildman–Crippen MR) is 93.3 cm³/mol. The molecule has 1 aliphatic heterocycles. The number of rotatable bonds is 2. The molecule has 0 amide bonds. The second kappa shape index (κ2) is 6.65. The van der Waals surface area contributed by atoms with Crippen LogP contribution in [0.25, 0.3) is 0 Å². The minimum Gasteiger partial charge on any atom is -0.154 e. The fourth-order valence-electron chi connectivity index (χ4n) is 1.99. The second-order valence-electron chi connectivity index (χ2n) is 4.60. The molecule has 0 spiro atoms. The zero-order valence-corrected chi connectivity index (χ0v) is 13.4. The highest BCUT2D eigenvalue weighted by atomic mass is 35.5. The van der Waals surface area contributed by atoms with Crippen LogP contribution >= 0.6 is 35.0 Å². The highest BCUT2D eigenvalue weighted by Crippen LogP contribution is 2.18. The van der Waals surface area contributed by atoms with Gasteiger partial charge in [-0.1, -0.05) is 47.5 Å². The molecule has 1 heterocycles. The van der Waals surface area contributed by atoms with E-state index in [4.69, 9.17) is 23.2 Å². The number of halogens is 2. The first-order chi connectivity index (χ1) is 10.2. The number of nitrogens with zero attached hydrogens (tertiary/aromatic N) is 2. The predicted octanol–water partition coefficient (Wildman–Crippen LogP) is 4.93. The molecule has 1 aliphatic rings. The van der Waals surface area contributed by atoms with E-state index in [9.17, 15) is 0 Å². The fraction of sp³-hybridized carbons (Fsp3) is 0.125. The molecule has 0 radical (unpaired) electrons. The van der Waals surface area contributed by atoms with E-state index in [1.54, 1.807) is 11.8 Å². The van der Waals surface area contributed by atoms with Crippen molar-refractivity contribution >= 4 is 46.4 Å². The maximum Gasteiger partial charge on any atom is 0.0801 e. The lowest BCUT2D eigenvalue weighted by atomic mass is 10.1. The summed E-state index contributed by atoms with van der Waals surface area (Å²) < 4.78 is 0. The first kappa shape index (κ1) is 14.6. The molecule has 2 nitrogen and oxygen atoms in total. The summed E-state index contributed by atoms with van der Waals surface area (Å²) in [6.45, 7) is 0. The molecule has 0 aromatic heterocycles. The van der Waals surface area contributed by atoms with Crippen molar-refractivity contribution in [3.8, 4) is 0 Å². The first-order valence-electron chi connectivity index (χ1n) is 6.45. The zero-order valence-electron chi connectivity index (χ0n) is 11.1. The van der Waals surface area contributed by atoms with Crippen molar-refractivity contribution in [2.24, 2.45) is 10.2 Å². The Labute approximate surface area is 137 Å². The Morgan fingerprint density at radius 2 is 1.05 bits per heavy atom. The van der Waals surface area contributed by atoms with E-state index in [2.05, 4.69) is 10.2 Å². The molecular weight excluding hydrogens is 323 g/mol. The average molecular weight is 335 g/mol. The maximum atomic E-state index is 5.92. The summed E-state index contributed by atoms with van der Waals surface area (Å²) in [6, 6.07) is 15.4. The third kappa shape index (κ3) is 3.67. The van der Waals surface area contributed by atoms with Gasteiger partial charge < -0.3 is 0 Å². The largest absolute Gasteiger partial charge is 0.154 e. The Kier molecular flexibility index (Phi) is 4.63. The quantitative estimate of drug-likeness (QED) is 0.763. The van der Waals surface area contributed by atoms with E-state index in [0.29, 0.717) is 0 Å². The van der Waals surface area contributed by atoms with Crippen molar-refractivity contribution in [3.05, 3.63) is 69.7 Å². The van der Waals surface area contributed by atoms with Crippen molar-refractivity contribution in [3.63, 3.8) is 0 Å². The van der Waals surface area contributed by atoms with Crippen LogP contribution in [0.5, 0.6) is 0 Å². The maximum absolute atomic E-state index is 5.92. The number of benzene rings is 2. The molecule has 0 atom stereocenters. The highest BCUT2D eigenvalue weighted by molar-refractivity contribution is 8.00. The summed E-state index contributed by atoms with van der Waals surface area (Å²) in [6.07, 6.45) is 0. The number of hydrogen-bond donors (Lipinski definition) is 0. The van der Waals surface area contributed by atoms with Crippen molar-refractivity contribution < 1.29 is 0 Å². The van der Waals surface area contributed by atoms with Crippen molar-refractivity contribution in [1.82, 2.24) is 0 Å². The van der Waals surface area contributed by atoms with Crippen LogP contribution in [-0.4, -0.2) is 22.9 Å². The van der Waals surface area contributed by atoms with E-state index in [0.717, 1.165) is 44.1 Å². The van der Waals surface area contributed by atoms with Gasteiger partial charge in [0.05, 0.1) is 11.4 Å². The van der Waals surface area contributed by atoms with Gasteiger partial charge in [-0.05, 0) is 35.4 Å². The van der Waals surface area contributed by atoms with E-state index in [1.807, 2.05) is 48.5 Å². The van der Waals surface area contributed by atoms with Crippen molar-refractivity contribution in [2.75, 3.05) is 11.5 Å². The molecule has 0 bridgehead atoms. The van der Waals surface area contributed by atoms with Crippen LogP contribution in [0.3, 0.4) is 0 Å². The highest BCUT2D eigenvalue weighted by Gasteiger charge is 2.11. The lowest BCUT2D eigenvalue weighted by Gasteiger charge is -2.03. The van der Waals surface area contributed by atoms with Crippen LogP contribution in [0.2, 0.25) is 10.0 Å². The van der Waals surface area contributed by atoms with Gasteiger partial charge in [-0.15, -0.1) is 11.8 Å². The Morgan fingerprint density at radius 1 is 0.667 bits per heavy atom. The molecule has 0 saturated carbocycles. The van der Waals surface area contributed by atoms with Crippen molar-refractivity contribution in [2.45, 2.75) is 0 Å². The molecule has 0 aliphatic carbocycles. The van der Waals surface area contributed by atoms with E-state index in [1.165, 1.54) is 0 Å². The number of thioether (sulfide) groups is 1. The van der Waals surface area contributed by atoms with E-state index in [-0.39, 0.29) is 0 Å². The molecule has 21 heavy (non-hydrogen) atoms. The Bertz CT molecular complexity index is 630. The van der Waals surface area contributed by atoms with Crippen LogP contribution in [0, 0.1) is 0 Å². The molecule has 0 N–H and O–H groups in total. The van der Waals surface area contributed by atoms with Crippen LogP contribution in [0.15, 0.2) is 58.7 Å². The van der Waals surface area contributed by atoms with E-state index >= 15 is 0 Å². The zero-order chi connectivity index (χ0) is 14.7. The van der Waals surface area contributed by atoms with Crippen molar-refractivity contribution in [1.29, 1.82) is 0 Å². The molecule has 2 aromatic rings. The molecular formula is C16H12Cl2N2S. The van der Waals surface area contributed by atoms with Gasteiger partial charge in [0.2, 0.25) is 0 Å². The summed E-state index contributed by atoms with van der Waals surface area (Å²) in [7, 11) is 0. The lowest BCUT2D eigenvalue weighted by molar-refractivity contribution is 1.23. The lowest BCUT2D eigenvalue weighted by Crippen LogP contribution is -2.04. The monoisotopic (exact) mass is 334 g/mol. The van der Waals surface area contributed by atoms with Gasteiger partial charge in [-0.3, -0.25) is 0 Å². The molecule has 0 saturated heterocycles. The van der Waals surface area contributed by atoms with Crippen LogP contribution in [-0.2, 0) is 0 Å². The molecule has 2 aromatic carbocycles. The van der Waals surface area contributed by atoms with Gasteiger partial charge in [0.1, 0.15) is 0 Å². The fourth-order valence-corrected chi connectivity index (χ4v) is 3.18. The van der Waals surface area contributed by atoms with Gasteiger partial charge in [0, 0.05) is 21.6 Å². The summed E-state index contributed by atoms with van der Waals surface area (Å²) in [4.78, 5) is 0. The van der Waals surface area contributed by atoms with Gasteiger partial charge in [-0.2, -0.15) is 10.2 Å². The minimum absolute atomic E-state index is 0.728. The topological polar surface area (TPSA) is 24.7 Å². The Morgan fingerprint density at radius 3 is 1.43 bits per heavy atom. The van der Waals surface area contributed by atoms with Gasteiger partial charge in [0.15, 0.2) is 0 Å². The standard InChI is InChI=1S/C16H12Cl2N2S/c17-13-5-1-11(2-6-13)15-9-21-10-16(20-19-15)12-3-7-14(18)8-4-12/h1-8H,9-10H2. The van der Waals surface area contributed by atoms with Crippen LogP contribution < -0.4 is 0 Å². The van der Waals surface area contributed by atoms with E-state index < -0.39 is 0 Å². The summed E-state index contributed by atoms with van der Waals surface area (Å²) in [5, 5.41) is 10.3. The van der Waals surface area contributed by atoms with Gasteiger partial charge >= 0.3 is 0 Å². The minimum atomic E-state index is 0.728. The van der Waals surface area contributed by atoms with Crippen LogP contribution in [0.1, 0.15) is 11.1 Å². The third-order valence-corrected chi connectivity index (χ3v) is 4.58. The van der Waals surface area contributed by atoms with Gasteiger partial charge in [-0.25, -0.2) is 0 Å². The molecule has 0 unspecified atom stereocenters. The molecule has 0 fully saturated rings. The summed E-state index contributed by atoms with van der Waals surface area (Å²) >= 11 is 13.6. The SMILES string of the molecule is Clc1ccc(C2=NN=C(c3ccc(Cl)cc3)CSC2)cc1. The summed E-state index contributed by atoms with van der Waals surface area (Å²) in [5.74, 6) is 1.67. The third-order valence-electron chi connectivity index (χ3n) is 3.12. The number of hydrogen-bond acceptors (Lipinski definition) is 3. The Balaban J connectivity index is 1.88. The molecule has 5 heteroatoms.